The van der Waals surface area contributed by atoms with Gasteiger partial charge >= 0.3 is 12.4 Å². The van der Waals surface area contributed by atoms with Crippen LogP contribution in [-0.2, 0) is 22.3 Å². The van der Waals surface area contributed by atoms with Crippen LogP contribution >= 0.6 is 0 Å². The molecule has 2 aliphatic heterocycles. The molecule has 1 aromatic carbocycles. The van der Waals surface area contributed by atoms with Gasteiger partial charge in [0.05, 0.1) is 29.8 Å². The summed E-state index contributed by atoms with van der Waals surface area (Å²) in [5.74, 6) is -3.18. The first-order valence-corrected chi connectivity index (χ1v) is 11.8. The molecular formula is C24H23F6N5O3. The van der Waals surface area contributed by atoms with Crippen molar-refractivity contribution in [2.45, 2.75) is 31.7 Å². The number of carbonyl (C=O) groups excluding carboxylic acids is 3. The zero-order chi connectivity index (χ0) is 27.7. The lowest BCUT2D eigenvalue weighted by atomic mass is 9.70. The highest BCUT2D eigenvalue weighted by Gasteiger charge is 2.71. The van der Waals surface area contributed by atoms with Crippen LogP contribution in [0.15, 0.2) is 36.7 Å². The number of rotatable bonds is 5. The summed E-state index contributed by atoms with van der Waals surface area (Å²) in [5.41, 5.74) is 1.42. The number of nitrogens with two attached hydrogens (primary N) is 1. The number of halogens is 6. The minimum Gasteiger partial charge on any atom is -0.369 e. The molecule has 2 saturated heterocycles. The number of likely N-dealkylation sites (tertiary alicyclic amines) is 2. The van der Waals surface area contributed by atoms with Crippen molar-refractivity contribution in [1.82, 2.24) is 19.6 Å². The minimum absolute atomic E-state index is 0.00960. The number of aromatic nitrogens is 2. The normalized spacial score (nSPS) is 21.9. The van der Waals surface area contributed by atoms with Crippen LogP contribution in [0.2, 0.25) is 0 Å². The second kappa shape index (κ2) is 8.46. The SMILES string of the molecule is NC(=O)C1CN(C(=O)c2cnn(Cc3ccccc3C(F)(F)F)c2)CC12CN(C(=O)C1(C(F)(F)F)CC1)C2. The molecule has 2 aromatic rings. The van der Waals surface area contributed by atoms with Crippen molar-refractivity contribution in [1.29, 1.82) is 0 Å². The molecule has 3 amide bonds. The molecule has 1 atom stereocenters. The summed E-state index contributed by atoms with van der Waals surface area (Å²) < 4.78 is 81.2. The highest BCUT2D eigenvalue weighted by molar-refractivity contribution is 5.95. The third-order valence-corrected chi connectivity index (χ3v) is 7.81. The van der Waals surface area contributed by atoms with Gasteiger partial charge in [-0.05, 0) is 24.5 Å². The Kier molecular flexibility index (Phi) is 5.80. The number of hydrogen-bond acceptors (Lipinski definition) is 4. The average molecular weight is 543 g/mol. The molecule has 3 aliphatic rings. The molecule has 38 heavy (non-hydrogen) atoms. The average Bonchev–Trinajstić information content (AvgIpc) is 3.34. The smallest absolute Gasteiger partial charge is 0.369 e. The third kappa shape index (κ3) is 4.19. The van der Waals surface area contributed by atoms with Gasteiger partial charge < -0.3 is 15.5 Å². The molecule has 2 N–H and O–H groups in total. The Labute approximate surface area is 212 Å². The molecule has 204 valence electrons. The zero-order valence-corrected chi connectivity index (χ0v) is 19.8. The van der Waals surface area contributed by atoms with E-state index < -0.39 is 52.4 Å². The zero-order valence-electron chi connectivity index (χ0n) is 19.8. The predicted octanol–water partition coefficient (Wildman–Crippen LogP) is 2.68. The lowest BCUT2D eigenvalue weighted by molar-refractivity contribution is -0.205. The van der Waals surface area contributed by atoms with Gasteiger partial charge in [-0.25, -0.2) is 0 Å². The van der Waals surface area contributed by atoms with Crippen LogP contribution in [-0.4, -0.2) is 69.7 Å². The molecule has 5 rings (SSSR count). The van der Waals surface area contributed by atoms with Gasteiger partial charge in [0.2, 0.25) is 11.8 Å². The highest BCUT2D eigenvalue weighted by Crippen LogP contribution is 2.60. The fraction of sp³-hybridized carbons (Fsp3) is 0.500. The molecule has 14 heteroatoms. The molecule has 0 bridgehead atoms. The minimum atomic E-state index is -4.66. The van der Waals surface area contributed by atoms with E-state index in [2.05, 4.69) is 5.10 Å². The molecule has 1 unspecified atom stereocenters. The van der Waals surface area contributed by atoms with Gasteiger partial charge in [-0.15, -0.1) is 0 Å². The van der Waals surface area contributed by atoms with E-state index in [1.165, 1.54) is 40.2 Å². The number of nitrogens with zero attached hydrogens (tertiary/aromatic N) is 4. The number of primary amides is 1. The monoisotopic (exact) mass is 543 g/mol. The first-order valence-electron chi connectivity index (χ1n) is 11.8. The van der Waals surface area contributed by atoms with E-state index in [0.29, 0.717) is 0 Å². The van der Waals surface area contributed by atoms with E-state index in [0.717, 1.165) is 11.0 Å². The second-order valence-electron chi connectivity index (χ2n) is 10.3. The fourth-order valence-corrected chi connectivity index (χ4v) is 5.59. The van der Waals surface area contributed by atoms with Crippen LogP contribution in [0.4, 0.5) is 26.3 Å². The Balaban J connectivity index is 1.28. The van der Waals surface area contributed by atoms with E-state index in [1.54, 1.807) is 0 Å². The van der Waals surface area contributed by atoms with Gasteiger partial charge in [0.15, 0.2) is 0 Å². The maximum atomic E-state index is 13.4. The molecule has 1 aromatic heterocycles. The molecule has 1 aliphatic carbocycles. The van der Waals surface area contributed by atoms with Gasteiger partial charge in [-0.2, -0.15) is 31.4 Å². The van der Waals surface area contributed by atoms with E-state index in [4.69, 9.17) is 5.73 Å². The van der Waals surface area contributed by atoms with Gasteiger partial charge in [-0.3, -0.25) is 19.1 Å². The van der Waals surface area contributed by atoms with Crippen molar-refractivity contribution in [3.63, 3.8) is 0 Å². The summed E-state index contributed by atoms with van der Waals surface area (Å²) in [6.07, 6.45) is -7.29. The molecule has 8 nitrogen and oxygen atoms in total. The fourth-order valence-electron chi connectivity index (χ4n) is 5.59. The van der Waals surface area contributed by atoms with Crippen LogP contribution < -0.4 is 5.73 Å². The summed E-state index contributed by atoms with van der Waals surface area (Å²) in [7, 11) is 0. The van der Waals surface area contributed by atoms with Crippen molar-refractivity contribution in [2.24, 2.45) is 22.5 Å². The van der Waals surface area contributed by atoms with Crippen molar-refractivity contribution in [3.8, 4) is 0 Å². The van der Waals surface area contributed by atoms with E-state index in [1.807, 2.05) is 0 Å². The topological polar surface area (TPSA) is 102 Å². The summed E-state index contributed by atoms with van der Waals surface area (Å²) in [4.78, 5) is 40.3. The van der Waals surface area contributed by atoms with Crippen LogP contribution in [0.1, 0.15) is 34.3 Å². The third-order valence-electron chi connectivity index (χ3n) is 7.81. The first-order chi connectivity index (χ1) is 17.7. The lowest BCUT2D eigenvalue weighted by Crippen LogP contribution is -2.65. The molecule has 3 heterocycles. The lowest BCUT2D eigenvalue weighted by Gasteiger charge is -2.51. The molecular weight excluding hydrogens is 520 g/mol. The van der Waals surface area contributed by atoms with Crippen LogP contribution in [0.5, 0.6) is 0 Å². The number of benzene rings is 1. The van der Waals surface area contributed by atoms with Crippen LogP contribution in [0.3, 0.4) is 0 Å². The Hall–Kier alpha value is -3.58. The van der Waals surface area contributed by atoms with Gasteiger partial charge in [0, 0.05) is 37.8 Å². The maximum absolute atomic E-state index is 13.4. The number of alkyl halides is 6. The van der Waals surface area contributed by atoms with Crippen molar-refractivity contribution >= 4 is 17.7 Å². The van der Waals surface area contributed by atoms with Gasteiger partial charge in [0.25, 0.3) is 5.91 Å². The number of carbonyl (C=O) groups is 3. The van der Waals surface area contributed by atoms with Crippen LogP contribution in [0.25, 0.3) is 0 Å². The first kappa shape index (κ1) is 26.0. The molecule has 1 saturated carbocycles. The quantitative estimate of drug-likeness (QED) is 0.586. The molecule has 1 spiro atoms. The van der Waals surface area contributed by atoms with E-state index in [9.17, 15) is 40.7 Å². The summed E-state index contributed by atoms with van der Waals surface area (Å²) in [6, 6.07) is 4.98. The molecule has 3 fully saturated rings. The van der Waals surface area contributed by atoms with Crippen molar-refractivity contribution in [2.75, 3.05) is 26.2 Å². The van der Waals surface area contributed by atoms with Crippen LogP contribution in [0, 0.1) is 16.7 Å². The summed E-state index contributed by atoms with van der Waals surface area (Å²) in [5, 5.41) is 3.99. The Morgan fingerprint density at radius 1 is 1.00 bits per heavy atom. The van der Waals surface area contributed by atoms with Crippen molar-refractivity contribution in [3.05, 3.63) is 53.3 Å². The summed E-state index contributed by atoms with van der Waals surface area (Å²) >= 11 is 0. The standard InChI is InChI=1S/C24H23F6N5O3/c25-23(26,27)16-4-2-1-3-14(16)8-35-9-15(7-32-35)19(37)33-10-17(18(31)36)21(11-33)12-34(13-21)20(38)22(5-6-22)24(28,29)30/h1-4,7,9,17H,5-6,8,10-13H2,(H2,31,36). The van der Waals surface area contributed by atoms with Gasteiger partial charge in [-0.1, -0.05) is 18.2 Å². The molecule has 0 radical (unpaired) electrons. The largest absolute Gasteiger partial charge is 0.416 e. The van der Waals surface area contributed by atoms with Gasteiger partial charge in [0.1, 0.15) is 5.41 Å². The maximum Gasteiger partial charge on any atom is 0.416 e. The Morgan fingerprint density at radius 2 is 1.63 bits per heavy atom. The summed E-state index contributed by atoms with van der Waals surface area (Å²) in [6.45, 7) is -0.606. The van der Waals surface area contributed by atoms with E-state index >= 15 is 0 Å². The van der Waals surface area contributed by atoms with E-state index in [-0.39, 0.29) is 56.7 Å². The van der Waals surface area contributed by atoms with Crippen molar-refractivity contribution < 1.29 is 40.7 Å². The highest BCUT2D eigenvalue weighted by atomic mass is 19.4. The second-order valence-corrected chi connectivity index (χ2v) is 10.3. The predicted molar refractivity (Wildman–Crippen MR) is 118 cm³/mol. The Morgan fingerprint density at radius 3 is 2.21 bits per heavy atom. The number of amides is 3. The number of hydrogen-bond donors (Lipinski definition) is 1. The Bertz CT molecular complexity index is 1290.